The molecule has 0 spiro atoms. The van der Waals surface area contributed by atoms with Crippen molar-refractivity contribution in [3.8, 4) is 11.5 Å². The maximum Gasteiger partial charge on any atom is 0.335 e. The summed E-state index contributed by atoms with van der Waals surface area (Å²) < 4.78 is 18.4. The van der Waals surface area contributed by atoms with E-state index in [-0.39, 0.29) is 37.8 Å². The fourth-order valence-electron chi connectivity index (χ4n) is 2.51. The number of nitrogens with one attached hydrogen (secondary N) is 1. The monoisotopic (exact) mass is 468 g/mol. The highest BCUT2D eigenvalue weighted by molar-refractivity contribution is 9.10. The van der Waals surface area contributed by atoms with Crippen molar-refractivity contribution in [2.45, 2.75) is 0 Å². The lowest BCUT2D eigenvalue weighted by atomic mass is 10.1. The summed E-state index contributed by atoms with van der Waals surface area (Å²) in [5.74, 6) is -2.66. The number of anilines is 1. The van der Waals surface area contributed by atoms with E-state index in [0.717, 1.165) is 12.1 Å². The Bertz CT molecular complexity index is 1040. The van der Waals surface area contributed by atoms with Crippen LogP contribution in [0.5, 0.6) is 11.5 Å². The number of hydrogen-bond donors (Lipinski definition) is 2. The van der Waals surface area contributed by atoms with Crippen LogP contribution in [0, 0.1) is 5.82 Å². The number of imide groups is 2. The average Bonchev–Trinajstić information content (AvgIpc) is 2.66. The molecule has 10 heteroatoms. The number of barbiturate groups is 1. The van der Waals surface area contributed by atoms with Gasteiger partial charge in [-0.25, -0.2) is 14.1 Å². The maximum atomic E-state index is 13.1. The molecule has 0 bridgehead atoms. The summed E-state index contributed by atoms with van der Waals surface area (Å²) in [5, 5.41) is 11.9. The van der Waals surface area contributed by atoms with Crippen LogP contribution in [-0.2, 0) is 9.59 Å². The molecule has 0 aliphatic carbocycles. The number of ether oxygens (including phenoxy) is 1. The number of halogens is 3. The van der Waals surface area contributed by atoms with Crippen LogP contribution in [-0.4, -0.2) is 30.1 Å². The van der Waals surface area contributed by atoms with Crippen LogP contribution in [0.4, 0.5) is 14.9 Å². The Hall–Kier alpha value is -2.91. The van der Waals surface area contributed by atoms with Gasteiger partial charge < -0.3 is 9.84 Å². The van der Waals surface area contributed by atoms with Crippen molar-refractivity contribution in [2.75, 3.05) is 12.0 Å². The Balaban J connectivity index is 2.09. The summed E-state index contributed by atoms with van der Waals surface area (Å²) in [6, 6.07) is 5.03. The lowest BCUT2D eigenvalue weighted by molar-refractivity contribution is -0.122. The molecule has 1 aliphatic heterocycles. The molecule has 1 saturated heterocycles. The first kappa shape index (κ1) is 19.8. The number of benzene rings is 2. The topological polar surface area (TPSA) is 95.9 Å². The molecular formula is C18H11BrClFN2O5. The summed E-state index contributed by atoms with van der Waals surface area (Å²) in [7, 11) is 1.31. The van der Waals surface area contributed by atoms with E-state index in [1.807, 2.05) is 0 Å². The van der Waals surface area contributed by atoms with Gasteiger partial charge in [-0.1, -0.05) is 11.6 Å². The fourth-order valence-corrected chi connectivity index (χ4v) is 3.13. The van der Waals surface area contributed by atoms with Crippen LogP contribution in [0.1, 0.15) is 5.56 Å². The van der Waals surface area contributed by atoms with E-state index in [1.54, 1.807) is 0 Å². The number of rotatable bonds is 3. The van der Waals surface area contributed by atoms with Crippen molar-refractivity contribution < 1.29 is 28.6 Å². The number of methoxy groups -OCH3 is 1. The van der Waals surface area contributed by atoms with Crippen molar-refractivity contribution in [2.24, 2.45) is 0 Å². The van der Waals surface area contributed by atoms with Gasteiger partial charge in [-0.05, 0) is 57.9 Å². The minimum atomic E-state index is -0.959. The van der Waals surface area contributed by atoms with Gasteiger partial charge in [0.15, 0.2) is 11.5 Å². The predicted molar refractivity (Wildman–Crippen MR) is 103 cm³/mol. The highest BCUT2D eigenvalue weighted by Gasteiger charge is 2.37. The summed E-state index contributed by atoms with van der Waals surface area (Å²) in [4.78, 5) is 37.9. The molecule has 144 valence electrons. The van der Waals surface area contributed by atoms with Crippen molar-refractivity contribution in [3.05, 3.63) is 56.8 Å². The zero-order chi connectivity index (χ0) is 20.6. The number of hydrogen-bond acceptors (Lipinski definition) is 5. The Morgan fingerprint density at radius 2 is 1.89 bits per heavy atom. The number of nitrogens with zero attached hydrogens (tertiary/aromatic N) is 1. The standard InChI is InChI=1S/C18H11BrClFN2O5/c1-28-12-7-8(13(19)14(20)15(12)24)6-11-16(25)22-18(27)23(17(11)26)10-4-2-9(21)3-5-10/h2-7,24H,1H3,(H,22,25,27)/b11-6+. The summed E-state index contributed by atoms with van der Waals surface area (Å²) >= 11 is 9.21. The predicted octanol–water partition coefficient (Wildman–Crippen LogP) is 3.62. The zero-order valence-corrected chi connectivity index (χ0v) is 16.5. The number of carbonyl (C=O) groups is 3. The third-order valence-corrected chi connectivity index (χ3v) is 5.33. The quantitative estimate of drug-likeness (QED) is 0.529. The van der Waals surface area contributed by atoms with Crippen LogP contribution in [0.15, 0.2) is 40.4 Å². The van der Waals surface area contributed by atoms with Crippen molar-refractivity contribution in [1.29, 1.82) is 0 Å². The number of urea groups is 1. The molecule has 28 heavy (non-hydrogen) atoms. The van der Waals surface area contributed by atoms with Crippen molar-refractivity contribution in [1.82, 2.24) is 5.32 Å². The molecule has 0 atom stereocenters. The van der Waals surface area contributed by atoms with Crippen LogP contribution >= 0.6 is 27.5 Å². The number of phenolic OH excluding ortho intramolecular Hbond substituents is 1. The Morgan fingerprint density at radius 3 is 2.50 bits per heavy atom. The smallest absolute Gasteiger partial charge is 0.335 e. The SMILES string of the molecule is COc1cc(/C=C2\C(=O)NC(=O)N(c3ccc(F)cc3)C2=O)c(Br)c(Cl)c1O. The molecule has 2 N–H and O–H groups in total. The lowest BCUT2D eigenvalue weighted by Gasteiger charge is -2.26. The molecule has 4 amide bonds. The summed E-state index contributed by atoms with van der Waals surface area (Å²) in [6.45, 7) is 0. The second-order valence-corrected chi connectivity index (χ2v) is 6.75. The Labute approximate surface area is 171 Å². The zero-order valence-electron chi connectivity index (χ0n) is 14.1. The largest absolute Gasteiger partial charge is 0.503 e. The van der Waals surface area contributed by atoms with Gasteiger partial charge in [0.2, 0.25) is 0 Å². The van der Waals surface area contributed by atoms with Crippen LogP contribution in [0.25, 0.3) is 6.08 Å². The van der Waals surface area contributed by atoms with Gasteiger partial charge in [-0.15, -0.1) is 0 Å². The van der Waals surface area contributed by atoms with Gasteiger partial charge in [0.05, 0.1) is 12.8 Å². The van der Waals surface area contributed by atoms with Crippen LogP contribution in [0.2, 0.25) is 5.02 Å². The number of carbonyl (C=O) groups excluding carboxylic acids is 3. The number of amides is 4. The molecule has 1 aliphatic rings. The summed E-state index contributed by atoms with van der Waals surface area (Å²) in [5.41, 5.74) is -0.0253. The van der Waals surface area contributed by atoms with E-state index in [4.69, 9.17) is 16.3 Å². The van der Waals surface area contributed by atoms with E-state index in [9.17, 15) is 23.9 Å². The van der Waals surface area contributed by atoms with Gasteiger partial charge in [-0.3, -0.25) is 14.9 Å². The van der Waals surface area contributed by atoms with Gasteiger partial charge in [-0.2, -0.15) is 0 Å². The van der Waals surface area contributed by atoms with E-state index in [0.29, 0.717) is 4.90 Å². The second kappa shape index (κ2) is 7.61. The molecule has 0 aromatic heterocycles. The molecule has 2 aromatic carbocycles. The number of aromatic hydroxyl groups is 1. The van der Waals surface area contributed by atoms with Gasteiger partial charge in [0.25, 0.3) is 11.8 Å². The highest BCUT2D eigenvalue weighted by atomic mass is 79.9. The first-order valence-corrected chi connectivity index (χ1v) is 8.83. The minimum absolute atomic E-state index is 0.0233. The molecule has 2 aromatic rings. The van der Waals surface area contributed by atoms with Gasteiger partial charge >= 0.3 is 6.03 Å². The minimum Gasteiger partial charge on any atom is -0.503 e. The third-order valence-electron chi connectivity index (χ3n) is 3.88. The van der Waals surface area contributed by atoms with Gasteiger partial charge in [0.1, 0.15) is 16.4 Å². The van der Waals surface area contributed by atoms with Crippen molar-refractivity contribution >= 4 is 57.1 Å². The third kappa shape index (κ3) is 3.46. The molecule has 7 nitrogen and oxygen atoms in total. The Morgan fingerprint density at radius 1 is 1.25 bits per heavy atom. The summed E-state index contributed by atoms with van der Waals surface area (Å²) in [6.07, 6.45) is 1.19. The van der Waals surface area contributed by atoms with E-state index >= 15 is 0 Å². The highest BCUT2D eigenvalue weighted by Crippen LogP contribution is 2.42. The molecule has 1 fully saturated rings. The molecule has 3 rings (SSSR count). The van der Waals surface area contributed by atoms with Crippen LogP contribution < -0.4 is 15.0 Å². The van der Waals surface area contributed by atoms with Gasteiger partial charge in [0, 0.05) is 4.47 Å². The first-order valence-electron chi connectivity index (χ1n) is 7.66. The molecule has 0 radical (unpaired) electrons. The van der Waals surface area contributed by atoms with Crippen molar-refractivity contribution in [3.63, 3.8) is 0 Å². The molecular weight excluding hydrogens is 459 g/mol. The van der Waals surface area contributed by atoms with E-state index in [1.165, 1.54) is 31.4 Å². The second-order valence-electron chi connectivity index (χ2n) is 5.58. The van der Waals surface area contributed by atoms with E-state index in [2.05, 4.69) is 21.2 Å². The fraction of sp³-hybridized carbons (Fsp3) is 0.0556. The first-order chi connectivity index (χ1) is 13.2. The molecule has 0 unspecified atom stereocenters. The van der Waals surface area contributed by atoms with E-state index < -0.39 is 23.7 Å². The normalized spacial score (nSPS) is 15.8. The Kier molecular flexibility index (Phi) is 5.39. The lowest BCUT2D eigenvalue weighted by Crippen LogP contribution is -2.54. The molecule has 0 saturated carbocycles. The maximum absolute atomic E-state index is 13.1. The number of phenols is 1. The van der Waals surface area contributed by atoms with Crippen LogP contribution in [0.3, 0.4) is 0 Å². The molecule has 1 heterocycles. The average molecular weight is 470 g/mol.